The van der Waals surface area contributed by atoms with Gasteiger partial charge in [0.1, 0.15) is 0 Å². The fourth-order valence-corrected chi connectivity index (χ4v) is 3.84. The third kappa shape index (κ3) is 4.85. The first-order valence-corrected chi connectivity index (χ1v) is 10.4. The first kappa shape index (κ1) is 20.0. The highest BCUT2D eigenvalue weighted by atomic mass is 32.2. The number of amides is 1. The highest BCUT2D eigenvalue weighted by Gasteiger charge is 2.20. The van der Waals surface area contributed by atoms with Crippen LogP contribution in [0.1, 0.15) is 28.7 Å². The number of hydrogen-bond donors (Lipinski definition) is 1. The molecule has 1 amide bonds. The Labute approximate surface area is 156 Å². The number of nitrogens with one attached hydrogen (secondary N) is 1. The lowest BCUT2D eigenvalue weighted by Crippen LogP contribution is -2.33. The van der Waals surface area contributed by atoms with E-state index in [2.05, 4.69) is 5.32 Å². The molecule has 2 aromatic rings. The molecule has 0 aromatic heterocycles. The van der Waals surface area contributed by atoms with E-state index in [1.165, 1.54) is 4.31 Å². The molecule has 0 bridgehead atoms. The van der Waals surface area contributed by atoms with Crippen LogP contribution in [0.3, 0.4) is 0 Å². The van der Waals surface area contributed by atoms with Gasteiger partial charge in [0.15, 0.2) is 0 Å². The van der Waals surface area contributed by atoms with Gasteiger partial charge < -0.3 is 5.32 Å². The molecule has 0 spiro atoms. The van der Waals surface area contributed by atoms with Crippen molar-refractivity contribution in [3.05, 3.63) is 58.7 Å². The van der Waals surface area contributed by atoms with Crippen LogP contribution in [0.5, 0.6) is 0 Å². The van der Waals surface area contributed by atoms with Gasteiger partial charge in [0.05, 0.1) is 11.9 Å². The molecule has 0 atom stereocenters. The quantitative estimate of drug-likeness (QED) is 0.838. The molecule has 6 heteroatoms. The Morgan fingerprint density at radius 3 is 2.35 bits per heavy atom. The minimum atomic E-state index is -3.48. The van der Waals surface area contributed by atoms with Gasteiger partial charge in [0.2, 0.25) is 15.9 Å². The number of rotatable bonds is 6. The predicted molar refractivity (Wildman–Crippen MR) is 107 cm³/mol. The Balaban J connectivity index is 2.15. The molecule has 1 N–H and O–H groups in total. The molecule has 26 heavy (non-hydrogen) atoms. The number of hydrogen-bond acceptors (Lipinski definition) is 3. The number of carbonyl (C=O) groups is 1. The van der Waals surface area contributed by atoms with Gasteiger partial charge in [0.25, 0.3) is 0 Å². The summed E-state index contributed by atoms with van der Waals surface area (Å²) in [7, 11) is -3.48. The highest BCUT2D eigenvalue weighted by molar-refractivity contribution is 7.92. The second-order valence-corrected chi connectivity index (χ2v) is 8.58. The average molecular weight is 375 g/mol. The minimum absolute atomic E-state index is 0.0772. The van der Waals surface area contributed by atoms with Gasteiger partial charge in [-0.05, 0) is 56.5 Å². The second-order valence-electron chi connectivity index (χ2n) is 6.67. The lowest BCUT2D eigenvalue weighted by atomic mass is 10.1. The van der Waals surface area contributed by atoms with Gasteiger partial charge in [0, 0.05) is 18.7 Å². The van der Waals surface area contributed by atoms with Gasteiger partial charge in [-0.15, -0.1) is 0 Å². The van der Waals surface area contributed by atoms with Crippen molar-refractivity contribution in [2.75, 3.05) is 22.4 Å². The molecule has 0 aliphatic rings. The van der Waals surface area contributed by atoms with E-state index in [4.69, 9.17) is 0 Å². The van der Waals surface area contributed by atoms with Gasteiger partial charge in [-0.2, -0.15) is 0 Å². The number of anilines is 2. The summed E-state index contributed by atoms with van der Waals surface area (Å²) in [6, 6.07) is 11.3. The molecule has 5 nitrogen and oxygen atoms in total. The van der Waals surface area contributed by atoms with E-state index in [1.807, 2.05) is 58.0 Å². The topological polar surface area (TPSA) is 66.5 Å². The summed E-state index contributed by atoms with van der Waals surface area (Å²) in [5.41, 5.74) is 5.40. The molecule has 0 aliphatic heterocycles. The van der Waals surface area contributed by atoms with E-state index < -0.39 is 10.0 Å². The van der Waals surface area contributed by atoms with Crippen molar-refractivity contribution in [1.29, 1.82) is 0 Å². The molecule has 0 radical (unpaired) electrons. The van der Waals surface area contributed by atoms with Crippen molar-refractivity contribution >= 4 is 27.3 Å². The van der Waals surface area contributed by atoms with Crippen molar-refractivity contribution in [2.24, 2.45) is 0 Å². The lowest BCUT2D eigenvalue weighted by molar-refractivity contribution is -0.116. The molecule has 2 rings (SSSR count). The number of aryl methyl sites for hydroxylation is 3. The maximum Gasteiger partial charge on any atom is 0.232 e. The van der Waals surface area contributed by atoms with Crippen LogP contribution in [0.4, 0.5) is 11.4 Å². The van der Waals surface area contributed by atoms with Gasteiger partial charge in [-0.1, -0.05) is 29.8 Å². The van der Waals surface area contributed by atoms with Gasteiger partial charge in [-0.3, -0.25) is 9.10 Å². The fraction of sp³-hybridized carbons (Fsp3) is 0.350. The van der Waals surface area contributed by atoms with Crippen molar-refractivity contribution in [3.8, 4) is 0 Å². The smallest absolute Gasteiger partial charge is 0.232 e. The van der Waals surface area contributed by atoms with Crippen LogP contribution in [0, 0.1) is 27.7 Å². The van der Waals surface area contributed by atoms with E-state index in [0.29, 0.717) is 5.69 Å². The summed E-state index contributed by atoms with van der Waals surface area (Å²) >= 11 is 0. The summed E-state index contributed by atoms with van der Waals surface area (Å²) in [5.74, 6) is -0.211. The van der Waals surface area contributed by atoms with Crippen LogP contribution >= 0.6 is 0 Å². The van der Waals surface area contributed by atoms with Crippen LogP contribution in [-0.4, -0.2) is 27.1 Å². The Kier molecular flexibility index (Phi) is 6.08. The lowest BCUT2D eigenvalue weighted by Gasteiger charge is -2.24. The van der Waals surface area contributed by atoms with Crippen LogP contribution in [0.2, 0.25) is 0 Å². The zero-order valence-corrected chi connectivity index (χ0v) is 16.8. The molecule has 0 unspecified atom stereocenters. The molecule has 0 saturated heterocycles. The molecule has 0 fully saturated rings. The maximum absolute atomic E-state index is 12.3. The molecule has 0 heterocycles. The first-order chi connectivity index (χ1) is 12.1. The van der Waals surface area contributed by atoms with E-state index in [-0.39, 0.29) is 18.9 Å². The highest BCUT2D eigenvalue weighted by Crippen LogP contribution is 2.24. The maximum atomic E-state index is 12.3. The largest absolute Gasteiger partial charge is 0.326 e. The summed E-state index contributed by atoms with van der Waals surface area (Å²) in [6.07, 6.45) is 1.24. The van der Waals surface area contributed by atoms with Crippen LogP contribution in [0.25, 0.3) is 0 Å². The van der Waals surface area contributed by atoms with Crippen LogP contribution < -0.4 is 9.62 Å². The van der Waals surface area contributed by atoms with E-state index in [1.54, 1.807) is 6.07 Å². The fourth-order valence-electron chi connectivity index (χ4n) is 2.85. The first-order valence-electron chi connectivity index (χ1n) is 8.50. The Bertz CT molecular complexity index is 921. The summed E-state index contributed by atoms with van der Waals surface area (Å²) in [6.45, 7) is 7.86. The SMILES string of the molecule is Cc1ccc(N(CCC(=O)Nc2cccc(C)c2C)S(C)(=O)=O)c(C)c1. The number of carbonyl (C=O) groups excluding carboxylic acids is 1. The van der Waals surface area contributed by atoms with Crippen molar-refractivity contribution in [3.63, 3.8) is 0 Å². The number of benzene rings is 2. The van der Waals surface area contributed by atoms with Crippen molar-refractivity contribution in [2.45, 2.75) is 34.1 Å². The molecular weight excluding hydrogens is 348 g/mol. The summed E-state index contributed by atoms with van der Waals surface area (Å²) in [4.78, 5) is 12.3. The zero-order chi connectivity index (χ0) is 19.5. The second kappa shape index (κ2) is 7.91. The van der Waals surface area contributed by atoms with E-state index >= 15 is 0 Å². The average Bonchev–Trinajstić information content (AvgIpc) is 2.52. The molecular formula is C20H26N2O3S. The molecule has 0 aliphatic carbocycles. The summed E-state index contributed by atoms with van der Waals surface area (Å²) < 4.78 is 25.8. The van der Waals surface area contributed by atoms with Crippen LogP contribution in [0.15, 0.2) is 36.4 Å². The molecule has 0 saturated carbocycles. The van der Waals surface area contributed by atoms with E-state index in [9.17, 15) is 13.2 Å². The molecule has 2 aromatic carbocycles. The predicted octanol–water partition coefficient (Wildman–Crippen LogP) is 3.72. The normalized spacial score (nSPS) is 11.3. The number of sulfonamides is 1. The van der Waals surface area contributed by atoms with Gasteiger partial charge in [-0.25, -0.2) is 8.42 Å². The Hall–Kier alpha value is -2.34. The zero-order valence-electron chi connectivity index (χ0n) is 16.0. The standard InChI is InChI=1S/C20H26N2O3S/c1-14-9-10-19(16(3)13-14)22(26(5,24)25)12-11-20(23)21-18-8-6-7-15(2)17(18)4/h6-10,13H,11-12H2,1-5H3,(H,21,23). The minimum Gasteiger partial charge on any atom is -0.326 e. The van der Waals surface area contributed by atoms with Crippen LogP contribution in [-0.2, 0) is 14.8 Å². The Morgan fingerprint density at radius 1 is 1.04 bits per heavy atom. The Morgan fingerprint density at radius 2 is 1.73 bits per heavy atom. The third-order valence-corrected chi connectivity index (χ3v) is 5.62. The van der Waals surface area contributed by atoms with E-state index in [0.717, 1.165) is 34.2 Å². The third-order valence-electron chi connectivity index (χ3n) is 4.44. The molecule has 140 valence electrons. The number of nitrogens with zero attached hydrogens (tertiary/aromatic N) is 1. The summed E-state index contributed by atoms with van der Waals surface area (Å²) in [5, 5.41) is 2.87. The van der Waals surface area contributed by atoms with Crippen molar-refractivity contribution < 1.29 is 13.2 Å². The monoisotopic (exact) mass is 374 g/mol. The van der Waals surface area contributed by atoms with Crippen molar-refractivity contribution in [1.82, 2.24) is 0 Å². The van der Waals surface area contributed by atoms with Gasteiger partial charge >= 0.3 is 0 Å².